The lowest BCUT2D eigenvalue weighted by Gasteiger charge is -2.24. The fourth-order valence-electron chi connectivity index (χ4n) is 5.44. The minimum atomic E-state index is -0.489. The van der Waals surface area contributed by atoms with Gasteiger partial charge in [0.2, 0.25) is 0 Å². The van der Waals surface area contributed by atoms with Gasteiger partial charge in [-0.05, 0) is 43.0 Å². The summed E-state index contributed by atoms with van der Waals surface area (Å²) in [6.07, 6.45) is 17.8. The molecule has 1 aliphatic rings. The summed E-state index contributed by atoms with van der Waals surface area (Å²) in [5, 5.41) is 0. The van der Waals surface area contributed by atoms with Gasteiger partial charge in [-0.15, -0.1) is 0 Å². The Balaban J connectivity index is 0.00000533. The number of unbranched alkanes of at least 4 members (excludes halogenated alkanes) is 8. The lowest BCUT2D eigenvalue weighted by molar-refractivity contribution is -0.546. The molecule has 0 radical (unpaired) electrons. The summed E-state index contributed by atoms with van der Waals surface area (Å²) in [4.78, 5) is 0. The smallest absolute Gasteiger partial charge is 0.184 e. The molecule has 3 rings (SSSR count). The lowest BCUT2D eigenvalue weighted by atomic mass is 9.88. The summed E-state index contributed by atoms with van der Waals surface area (Å²) in [7, 11) is 3.36. The summed E-state index contributed by atoms with van der Waals surface area (Å²) < 4.78 is 43.1. The van der Waals surface area contributed by atoms with Crippen LogP contribution < -0.4 is 26.5 Å². The first-order valence-electron chi connectivity index (χ1n) is 14.5. The normalized spacial score (nSPS) is 13.0. The molecule has 0 saturated heterocycles. The standard InChI is InChI=1S/C33H46F2NO2.BrH/c1-5-7-9-11-13-14-17-26-25-21-22-36(24-28-29(34)18-16-19-30(28)35)31(20-15-12-10-8-6-2)27(25)23-32(37-3)33(26)38-4;/h14,16-19,23H,5-13,15,20-22,24H2,1-4H3;1H/q+1;/p-1. The molecule has 1 aliphatic heterocycles. The van der Waals surface area contributed by atoms with E-state index in [0.717, 1.165) is 54.7 Å². The second-order valence-electron chi connectivity index (χ2n) is 10.3. The maximum absolute atomic E-state index is 14.6. The van der Waals surface area contributed by atoms with Gasteiger partial charge in [0.15, 0.2) is 23.8 Å². The topological polar surface area (TPSA) is 21.5 Å². The van der Waals surface area contributed by atoms with Crippen LogP contribution in [0.4, 0.5) is 8.78 Å². The summed E-state index contributed by atoms with van der Waals surface area (Å²) >= 11 is 0. The molecule has 1 heterocycles. The van der Waals surface area contributed by atoms with Gasteiger partial charge in [0.1, 0.15) is 18.2 Å². The monoisotopic (exact) mass is 605 g/mol. The Morgan fingerprint density at radius 3 is 2.21 bits per heavy atom. The van der Waals surface area contributed by atoms with E-state index in [4.69, 9.17) is 9.47 Å². The Labute approximate surface area is 245 Å². The van der Waals surface area contributed by atoms with E-state index < -0.39 is 11.6 Å². The Morgan fingerprint density at radius 2 is 1.56 bits per heavy atom. The van der Waals surface area contributed by atoms with E-state index in [-0.39, 0.29) is 29.1 Å². The van der Waals surface area contributed by atoms with Crippen LogP contribution in [-0.2, 0) is 13.0 Å². The van der Waals surface area contributed by atoms with Crippen molar-refractivity contribution in [1.82, 2.24) is 0 Å². The van der Waals surface area contributed by atoms with Crippen LogP contribution in [0.2, 0.25) is 0 Å². The van der Waals surface area contributed by atoms with Crippen molar-refractivity contribution in [2.45, 2.75) is 97.4 Å². The Hall–Kier alpha value is -2.21. The van der Waals surface area contributed by atoms with E-state index >= 15 is 0 Å². The van der Waals surface area contributed by atoms with Gasteiger partial charge in [0, 0.05) is 24.0 Å². The van der Waals surface area contributed by atoms with Crippen molar-refractivity contribution in [1.29, 1.82) is 0 Å². The van der Waals surface area contributed by atoms with Crippen molar-refractivity contribution in [3.63, 3.8) is 0 Å². The molecule has 3 nitrogen and oxygen atoms in total. The van der Waals surface area contributed by atoms with Crippen LogP contribution in [0, 0.1) is 11.6 Å². The highest BCUT2D eigenvalue weighted by Gasteiger charge is 2.31. The molecule has 0 spiro atoms. The van der Waals surface area contributed by atoms with Crippen LogP contribution >= 0.6 is 0 Å². The number of fused-ring (bicyclic) bond motifs is 1. The molecule has 0 N–H and O–H groups in total. The van der Waals surface area contributed by atoms with Crippen LogP contribution in [0.5, 0.6) is 11.5 Å². The third-order valence-electron chi connectivity index (χ3n) is 7.58. The molecule has 2 aromatic carbocycles. The van der Waals surface area contributed by atoms with Crippen molar-refractivity contribution in [2.75, 3.05) is 20.8 Å². The minimum Gasteiger partial charge on any atom is -1.00 e. The van der Waals surface area contributed by atoms with Crippen LogP contribution in [0.25, 0.3) is 6.08 Å². The zero-order valence-electron chi connectivity index (χ0n) is 24.3. The second-order valence-corrected chi connectivity index (χ2v) is 10.3. The third kappa shape index (κ3) is 8.89. The molecule has 216 valence electrons. The highest BCUT2D eigenvalue weighted by Crippen LogP contribution is 2.39. The van der Waals surface area contributed by atoms with Crippen molar-refractivity contribution >= 4 is 11.8 Å². The highest BCUT2D eigenvalue weighted by atomic mass is 79.9. The molecule has 0 amide bonds. The van der Waals surface area contributed by atoms with E-state index in [1.54, 1.807) is 14.2 Å². The van der Waals surface area contributed by atoms with Gasteiger partial charge >= 0.3 is 0 Å². The molecule has 0 bridgehead atoms. The molecule has 2 aromatic rings. The van der Waals surface area contributed by atoms with E-state index in [0.29, 0.717) is 12.3 Å². The first-order valence-corrected chi connectivity index (χ1v) is 14.5. The largest absolute Gasteiger partial charge is 1.00 e. The second kappa shape index (κ2) is 17.5. The molecule has 0 fully saturated rings. The predicted molar refractivity (Wildman–Crippen MR) is 154 cm³/mol. The first-order chi connectivity index (χ1) is 18.5. The average Bonchev–Trinajstić information content (AvgIpc) is 2.92. The molecular formula is C33H46BrF2NO2. The van der Waals surface area contributed by atoms with Gasteiger partial charge in [-0.3, -0.25) is 0 Å². The van der Waals surface area contributed by atoms with Crippen LogP contribution in [0.1, 0.15) is 107 Å². The Morgan fingerprint density at radius 1 is 0.897 bits per heavy atom. The fourth-order valence-corrected chi connectivity index (χ4v) is 5.44. The van der Waals surface area contributed by atoms with Crippen molar-refractivity contribution in [3.05, 3.63) is 64.2 Å². The fraction of sp³-hybridized carbons (Fsp3) is 0.545. The van der Waals surface area contributed by atoms with E-state index in [2.05, 4.69) is 36.6 Å². The third-order valence-corrected chi connectivity index (χ3v) is 7.58. The Kier molecular flexibility index (Phi) is 14.8. The molecular weight excluding hydrogens is 560 g/mol. The number of hydrogen-bond acceptors (Lipinski definition) is 2. The molecule has 39 heavy (non-hydrogen) atoms. The molecule has 0 atom stereocenters. The molecule has 0 aromatic heterocycles. The number of rotatable bonds is 16. The predicted octanol–water partition coefficient (Wildman–Crippen LogP) is 5.89. The summed E-state index contributed by atoms with van der Waals surface area (Å²) in [6, 6.07) is 6.18. The molecule has 0 aliphatic carbocycles. The number of nitrogens with zero attached hydrogens (tertiary/aromatic N) is 1. The number of benzene rings is 2. The Bertz CT molecular complexity index is 1090. The van der Waals surface area contributed by atoms with Crippen LogP contribution in [0.15, 0.2) is 30.3 Å². The van der Waals surface area contributed by atoms with E-state index in [1.165, 1.54) is 68.7 Å². The average molecular weight is 607 g/mol. The minimum absolute atomic E-state index is 0. The SMILES string of the molecule is CCCCCCC=Cc1c2c(cc(OC)c1OC)C(CCCCCCC)=[N+](Cc1c(F)cccc1F)CC2.[Br-]. The summed E-state index contributed by atoms with van der Waals surface area (Å²) in [5.41, 5.74) is 4.70. The van der Waals surface area contributed by atoms with Crippen molar-refractivity contribution in [2.24, 2.45) is 0 Å². The van der Waals surface area contributed by atoms with Gasteiger partial charge in [-0.1, -0.05) is 77.0 Å². The highest BCUT2D eigenvalue weighted by molar-refractivity contribution is 6.00. The maximum Gasteiger partial charge on any atom is 0.184 e. The maximum atomic E-state index is 14.6. The zero-order chi connectivity index (χ0) is 27.3. The lowest BCUT2D eigenvalue weighted by Crippen LogP contribution is -3.00. The van der Waals surface area contributed by atoms with Crippen LogP contribution in [-0.4, -0.2) is 31.1 Å². The van der Waals surface area contributed by atoms with Gasteiger partial charge in [-0.2, -0.15) is 0 Å². The van der Waals surface area contributed by atoms with E-state index in [9.17, 15) is 8.78 Å². The molecule has 6 heteroatoms. The van der Waals surface area contributed by atoms with Crippen molar-refractivity contribution in [3.8, 4) is 11.5 Å². The van der Waals surface area contributed by atoms with Gasteiger partial charge in [0.25, 0.3) is 0 Å². The first kappa shape index (κ1) is 33.0. The zero-order valence-corrected chi connectivity index (χ0v) is 25.8. The van der Waals surface area contributed by atoms with Crippen molar-refractivity contribution < 1.29 is 39.8 Å². The number of halogens is 3. The van der Waals surface area contributed by atoms with Gasteiger partial charge < -0.3 is 26.5 Å². The van der Waals surface area contributed by atoms with Gasteiger partial charge in [-0.25, -0.2) is 13.4 Å². The van der Waals surface area contributed by atoms with Crippen LogP contribution in [0.3, 0.4) is 0 Å². The summed E-state index contributed by atoms with van der Waals surface area (Å²) in [5.74, 6) is 0.473. The quantitative estimate of drug-likeness (QED) is 0.176. The number of allylic oxidation sites excluding steroid dienone is 1. The van der Waals surface area contributed by atoms with E-state index in [1.807, 2.05) is 0 Å². The van der Waals surface area contributed by atoms with Gasteiger partial charge in [0.05, 0.1) is 19.8 Å². The molecule has 0 saturated carbocycles. The number of hydrogen-bond donors (Lipinski definition) is 0. The number of methoxy groups -OCH3 is 2. The summed E-state index contributed by atoms with van der Waals surface area (Å²) in [6.45, 7) is 5.37. The molecule has 0 unspecified atom stereocenters. The number of ether oxygens (including phenoxy) is 2.